The van der Waals surface area contributed by atoms with Crippen molar-refractivity contribution in [1.29, 1.82) is 0 Å². The van der Waals surface area contributed by atoms with E-state index in [2.05, 4.69) is 12.2 Å². The van der Waals surface area contributed by atoms with Gasteiger partial charge >= 0.3 is 0 Å². The molecule has 0 unspecified atom stereocenters. The third kappa shape index (κ3) is 2.68. The lowest BCUT2D eigenvalue weighted by Gasteiger charge is -2.10. The minimum Gasteiger partial charge on any atom is -0.458 e. The van der Waals surface area contributed by atoms with Gasteiger partial charge in [-0.05, 0) is 55.7 Å². The molecule has 0 fully saturated rings. The highest BCUT2D eigenvalue weighted by Crippen LogP contribution is 2.25. The van der Waals surface area contributed by atoms with E-state index in [4.69, 9.17) is 9.29 Å². The molecule has 2 nitrogen and oxygen atoms in total. The van der Waals surface area contributed by atoms with Gasteiger partial charge in [0, 0.05) is 16.9 Å². The van der Waals surface area contributed by atoms with Gasteiger partial charge in [0.25, 0.3) is 0 Å². The van der Waals surface area contributed by atoms with E-state index in [1.54, 1.807) is 0 Å². The molecule has 1 aliphatic rings. The fraction of sp³-hybridized carbons (Fsp3) is 0.231. The van der Waals surface area contributed by atoms with Gasteiger partial charge in [-0.25, -0.2) is 0 Å². The summed E-state index contributed by atoms with van der Waals surface area (Å²) in [6, 6.07) is 5.67. The highest BCUT2D eigenvalue weighted by Gasteiger charge is 2.03. The van der Waals surface area contributed by atoms with Crippen molar-refractivity contribution in [2.75, 3.05) is 0 Å². The lowest BCUT2D eigenvalue weighted by Crippen LogP contribution is -1.95. The predicted octanol–water partition coefficient (Wildman–Crippen LogP) is 4.17. The quantitative estimate of drug-likeness (QED) is 0.796. The van der Waals surface area contributed by atoms with Gasteiger partial charge in [0.2, 0.25) is 0 Å². The highest BCUT2D eigenvalue weighted by molar-refractivity contribution is 7.93. The number of benzene rings is 1. The molecular weight excluding hydrogens is 220 g/mol. The molecule has 0 aromatic heterocycles. The molecule has 0 radical (unpaired) electrons. The molecule has 0 amide bonds. The van der Waals surface area contributed by atoms with Crippen molar-refractivity contribution in [1.82, 2.24) is 0 Å². The smallest absolute Gasteiger partial charge is 0.127 e. The van der Waals surface area contributed by atoms with Crippen LogP contribution in [0.15, 0.2) is 47.1 Å². The Hall–Kier alpha value is -1.19. The molecule has 0 atom stereocenters. The Kier molecular flexibility index (Phi) is 3.70. The molecule has 16 heavy (non-hydrogen) atoms. The summed E-state index contributed by atoms with van der Waals surface area (Å²) in [7, 11) is 0. The summed E-state index contributed by atoms with van der Waals surface area (Å²) in [6.07, 6.45) is 8.32. The summed E-state index contributed by atoms with van der Waals surface area (Å²) in [5.41, 5.74) is 1.02. The van der Waals surface area contributed by atoms with Crippen molar-refractivity contribution >= 4 is 12.0 Å². The number of allylic oxidation sites excluding steroid dienone is 3. The van der Waals surface area contributed by atoms with Crippen LogP contribution in [0.5, 0.6) is 5.75 Å². The van der Waals surface area contributed by atoms with Gasteiger partial charge in [-0.3, -0.25) is 0 Å². The van der Waals surface area contributed by atoms with Gasteiger partial charge in [-0.1, -0.05) is 6.08 Å². The molecule has 2 rings (SSSR count). The fourth-order valence-electron chi connectivity index (χ4n) is 1.59. The second-order valence-electron chi connectivity index (χ2n) is 3.71. The molecule has 0 aliphatic heterocycles. The maximum absolute atomic E-state index is 8.98. The van der Waals surface area contributed by atoms with E-state index in [9.17, 15) is 0 Å². The molecule has 0 heterocycles. The molecule has 0 saturated carbocycles. The number of rotatable bonds is 3. The minimum atomic E-state index is 0.766. The van der Waals surface area contributed by atoms with Gasteiger partial charge in [0.05, 0.1) is 0 Å². The van der Waals surface area contributed by atoms with E-state index in [-0.39, 0.29) is 0 Å². The van der Waals surface area contributed by atoms with Crippen LogP contribution in [-0.2, 0) is 0 Å². The van der Waals surface area contributed by atoms with Crippen LogP contribution >= 0.6 is 12.0 Å². The number of ether oxygens (including phenoxy) is 1. The summed E-state index contributed by atoms with van der Waals surface area (Å²) in [5, 5.41) is 0. The van der Waals surface area contributed by atoms with Crippen molar-refractivity contribution in [2.24, 2.45) is 0 Å². The lowest BCUT2D eigenvalue weighted by atomic mass is 10.2. The Bertz CT molecular complexity index is 436. The SMILES string of the molecule is Cc1cc(OC2=CCCC=C2)ccc1SO. The van der Waals surface area contributed by atoms with E-state index in [1.165, 1.54) is 0 Å². The minimum absolute atomic E-state index is 0.766. The average Bonchev–Trinajstić information content (AvgIpc) is 2.31. The van der Waals surface area contributed by atoms with Crippen molar-refractivity contribution in [2.45, 2.75) is 24.7 Å². The molecule has 1 aromatic carbocycles. The molecule has 1 N–H and O–H groups in total. The Morgan fingerprint density at radius 2 is 2.19 bits per heavy atom. The molecule has 0 saturated heterocycles. The zero-order chi connectivity index (χ0) is 11.4. The molecule has 1 aromatic rings. The summed E-state index contributed by atoms with van der Waals surface area (Å²) >= 11 is 0.766. The average molecular weight is 234 g/mol. The molecule has 1 aliphatic carbocycles. The molecule has 0 bridgehead atoms. The van der Waals surface area contributed by atoms with Crippen molar-refractivity contribution in [3.8, 4) is 5.75 Å². The summed E-state index contributed by atoms with van der Waals surface area (Å²) in [4.78, 5) is 0.862. The lowest BCUT2D eigenvalue weighted by molar-refractivity contribution is 0.438. The topological polar surface area (TPSA) is 29.5 Å². The highest BCUT2D eigenvalue weighted by atomic mass is 32.2. The van der Waals surface area contributed by atoms with E-state index in [0.717, 1.165) is 46.9 Å². The Balaban J connectivity index is 2.13. The van der Waals surface area contributed by atoms with Crippen molar-refractivity contribution in [3.05, 3.63) is 47.7 Å². The maximum Gasteiger partial charge on any atom is 0.127 e. The first-order chi connectivity index (χ1) is 7.79. The van der Waals surface area contributed by atoms with Gasteiger partial charge < -0.3 is 9.29 Å². The summed E-state index contributed by atoms with van der Waals surface area (Å²) < 4.78 is 14.7. The van der Waals surface area contributed by atoms with Crippen LogP contribution in [-0.4, -0.2) is 4.55 Å². The van der Waals surface area contributed by atoms with Gasteiger partial charge in [0.15, 0.2) is 0 Å². The van der Waals surface area contributed by atoms with Crippen LogP contribution in [0.2, 0.25) is 0 Å². The second-order valence-corrected chi connectivity index (χ2v) is 4.33. The summed E-state index contributed by atoms with van der Waals surface area (Å²) in [5.74, 6) is 1.71. The Labute approximate surface area is 99.8 Å². The molecule has 0 spiro atoms. The molecule has 3 heteroatoms. The van der Waals surface area contributed by atoms with Gasteiger partial charge in [-0.2, -0.15) is 0 Å². The van der Waals surface area contributed by atoms with Gasteiger partial charge in [0.1, 0.15) is 11.5 Å². The number of aryl methyl sites for hydroxylation is 1. The zero-order valence-electron chi connectivity index (χ0n) is 9.14. The zero-order valence-corrected chi connectivity index (χ0v) is 9.96. The second kappa shape index (κ2) is 5.23. The standard InChI is InChI=1S/C13H14O2S/c1-10-9-12(7-8-13(10)16-14)15-11-5-3-2-4-6-11/h3,5-9,14H,2,4H2,1H3. The van der Waals surface area contributed by atoms with Crippen LogP contribution < -0.4 is 4.74 Å². The van der Waals surface area contributed by atoms with E-state index in [0.29, 0.717) is 0 Å². The van der Waals surface area contributed by atoms with Crippen LogP contribution in [0.3, 0.4) is 0 Å². The van der Waals surface area contributed by atoms with Crippen molar-refractivity contribution < 1.29 is 9.29 Å². The molecule has 84 valence electrons. The first kappa shape index (κ1) is 11.3. The summed E-state index contributed by atoms with van der Waals surface area (Å²) in [6.45, 7) is 1.95. The Morgan fingerprint density at radius 1 is 1.31 bits per heavy atom. The van der Waals surface area contributed by atoms with E-state index >= 15 is 0 Å². The maximum atomic E-state index is 8.98. The van der Waals surface area contributed by atoms with Gasteiger partial charge in [-0.15, -0.1) is 0 Å². The van der Waals surface area contributed by atoms with Crippen LogP contribution in [0.4, 0.5) is 0 Å². The van der Waals surface area contributed by atoms with Crippen molar-refractivity contribution in [3.63, 3.8) is 0 Å². The monoisotopic (exact) mass is 234 g/mol. The first-order valence-electron chi connectivity index (χ1n) is 5.26. The third-order valence-corrected chi connectivity index (χ3v) is 3.10. The predicted molar refractivity (Wildman–Crippen MR) is 66.7 cm³/mol. The molecular formula is C13H14O2S. The Morgan fingerprint density at radius 3 is 2.81 bits per heavy atom. The largest absolute Gasteiger partial charge is 0.458 e. The fourth-order valence-corrected chi connectivity index (χ4v) is 1.92. The van der Waals surface area contributed by atoms with Crippen LogP contribution in [0.1, 0.15) is 18.4 Å². The third-order valence-electron chi connectivity index (χ3n) is 2.44. The normalized spacial score (nSPS) is 14.8. The number of hydrogen-bond donors (Lipinski definition) is 1. The number of hydrogen-bond acceptors (Lipinski definition) is 3. The van der Waals surface area contributed by atoms with Crippen LogP contribution in [0, 0.1) is 6.92 Å². The van der Waals surface area contributed by atoms with E-state index in [1.807, 2.05) is 31.2 Å². The van der Waals surface area contributed by atoms with Crippen LogP contribution in [0.25, 0.3) is 0 Å². The first-order valence-corrected chi connectivity index (χ1v) is 6.03. The van der Waals surface area contributed by atoms with E-state index < -0.39 is 0 Å².